The van der Waals surface area contributed by atoms with Gasteiger partial charge >= 0.3 is 0 Å². The first-order valence-electron chi connectivity index (χ1n) is 5.68. The van der Waals surface area contributed by atoms with Crippen LogP contribution < -0.4 is 16.0 Å². The molecule has 4 nitrogen and oxygen atoms in total. The lowest BCUT2D eigenvalue weighted by atomic mass is 10.1. The molecule has 1 aliphatic rings. The molecule has 1 heterocycles. The van der Waals surface area contributed by atoms with Gasteiger partial charge in [-0.25, -0.2) is 0 Å². The van der Waals surface area contributed by atoms with Crippen LogP contribution in [-0.2, 0) is 4.79 Å². The fourth-order valence-corrected chi connectivity index (χ4v) is 2.67. The summed E-state index contributed by atoms with van der Waals surface area (Å²) in [6.45, 7) is 3.67. The minimum Gasteiger partial charge on any atom is -0.383 e. The third kappa shape index (κ3) is 2.45. The maximum atomic E-state index is 11.9. The zero-order chi connectivity index (χ0) is 12.4. The highest BCUT2D eigenvalue weighted by atomic mass is 79.9. The number of benzene rings is 1. The van der Waals surface area contributed by atoms with Crippen LogP contribution in [0.3, 0.4) is 0 Å². The molecule has 0 atom stereocenters. The lowest BCUT2D eigenvalue weighted by Gasteiger charge is -2.23. The zero-order valence-electron chi connectivity index (χ0n) is 9.79. The first-order chi connectivity index (χ1) is 8.13. The van der Waals surface area contributed by atoms with E-state index >= 15 is 0 Å². The van der Waals surface area contributed by atoms with Gasteiger partial charge in [0.25, 0.3) is 0 Å². The van der Waals surface area contributed by atoms with E-state index in [4.69, 9.17) is 5.73 Å². The number of nitrogens with zero attached hydrogens (tertiary/aromatic N) is 1. The van der Waals surface area contributed by atoms with Crippen molar-refractivity contribution in [2.45, 2.75) is 13.3 Å². The van der Waals surface area contributed by atoms with Crippen molar-refractivity contribution in [1.29, 1.82) is 0 Å². The lowest BCUT2D eigenvalue weighted by molar-refractivity contribution is -0.117. The number of hydrogen-bond donors (Lipinski definition) is 2. The van der Waals surface area contributed by atoms with Crippen LogP contribution in [0.2, 0.25) is 0 Å². The topological polar surface area (TPSA) is 58.4 Å². The van der Waals surface area contributed by atoms with Gasteiger partial charge in [0.05, 0.1) is 17.9 Å². The van der Waals surface area contributed by atoms with Crippen molar-refractivity contribution in [3.05, 3.63) is 22.2 Å². The maximum absolute atomic E-state index is 11.9. The molecule has 5 heteroatoms. The first kappa shape index (κ1) is 12.4. The van der Waals surface area contributed by atoms with Gasteiger partial charge in [-0.15, -0.1) is 0 Å². The standard InChI is InChI=1S/C12H16BrN3O/c1-8-5-9(13)6-10-12(8)15-3-2-4-16(10)11(17)7-14/h5-6,15H,2-4,7,14H2,1H3. The van der Waals surface area contributed by atoms with Crippen LogP contribution in [-0.4, -0.2) is 25.5 Å². The highest BCUT2D eigenvalue weighted by Gasteiger charge is 2.21. The van der Waals surface area contributed by atoms with Crippen molar-refractivity contribution in [1.82, 2.24) is 0 Å². The number of carbonyl (C=O) groups excluding carboxylic acids is 1. The Morgan fingerprint density at radius 1 is 1.59 bits per heavy atom. The van der Waals surface area contributed by atoms with E-state index in [1.54, 1.807) is 4.90 Å². The molecule has 92 valence electrons. The van der Waals surface area contributed by atoms with Gasteiger partial charge in [-0.3, -0.25) is 4.79 Å². The van der Waals surface area contributed by atoms with Gasteiger partial charge in [-0.05, 0) is 31.0 Å². The van der Waals surface area contributed by atoms with Crippen LogP contribution in [0, 0.1) is 6.92 Å². The van der Waals surface area contributed by atoms with Gasteiger partial charge < -0.3 is 16.0 Å². The van der Waals surface area contributed by atoms with Crippen molar-refractivity contribution >= 4 is 33.2 Å². The summed E-state index contributed by atoms with van der Waals surface area (Å²) in [5.74, 6) is -0.0348. The average Bonchev–Trinajstić information content (AvgIpc) is 2.50. The van der Waals surface area contributed by atoms with Gasteiger partial charge in [0.2, 0.25) is 5.91 Å². The second-order valence-corrected chi connectivity index (χ2v) is 5.06. The molecule has 3 N–H and O–H groups in total. The van der Waals surface area contributed by atoms with Crippen LogP contribution in [0.1, 0.15) is 12.0 Å². The van der Waals surface area contributed by atoms with E-state index in [2.05, 4.69) is 21.2 Å². The molecule has 1 aromatic rings. The van der Waals surface area contributed by atoms with Gasteiger partial charge in [0.15, 0.2) is 0 Å². The summed E-state index contributed by atoms with van der Waals surface area (Å²) in [5, 5.41) is 3.37. The van der Waals surface area contributed by atoms with Gasteiger partial charge in [-0.1, -0.05) is 15.9 Å². The van der Waals surface area contributed by atoms with Gasteiger partial charge in [0, 0.05) is 17.6 Å². The molecule has 0 aromatic heterocycles. The summed E-state index contributed by atoms with van der Waals surface area (Å²) < 4.78 is 0.979. The lowest BCUT2D eigenvalue weighted by Crippen LogP contribution is -2.36. The third-order valence-electron chi connectivity index (χ3n) is 2.91. The first-order valence-corrected chi connectivity index (χ1v) is 6.47. The molecule has 0 fully saturated rings. The molecule has 0 unspecified atom stereocenters. The molecule has 2 rings (SSSR count). The zero-order valence-corrected chi connectivity index (χ0v) is 11.4. The minimum atomic E-state index is -0.0348. The van der Waals surface area contributed by atoms with Crippen molar-refractivity contribution in [2.75, 3.05) is 29.9 Å². The van der Waals surface area contributed by atoms with Crippen LogP contribution in [0.25, 0.3) is 0 Å². The molecule has 1 aromatic carbocycles. The summed E-state index contributed by atoms with van der Waals surface area (Å²) in [6, 6.07) is 4.01. The largest absolute Gasteiger partial charge is 0.383 e. The molecule has 17 heavy (non-hydrogen) atoms. The molecule has 0 spiro atoms. The quantitative estimate of drug-likeness (QED) is 0.832. The second-order valence-electron chi connectivity index (χ2n) is 4.15. The molecule has 0 radical (unpaired) electrons. The number of anilines is 2. The van der Waals surface area contributed by atoms with Crippen molar-refractivity contribution < 1.29 is 4.79 Å². The molecule has 1 amide bonds. The monoisotopic (exact) mass is 297 g/mol. The number of carbonyl (C=O) groups is 1. The van der Waals surface area contributed by atoms with E-state index in [-0.39, 0.29) is 12.5 Å². The molecule has 1 aliphatic heterocycles. The molecule has 0 saturated heterocycles. The summed E-state index contributed by atoms with van der Waals surface area (Å²) in [7, 11) is 0. The molecular weight excluding hydrogens is 282 g/mol. The van der Waals surface area contributed by atoms with E-state index in [0.29, 0.717) is 6.54 Å². The van der Waals surface area contributed by atoms with Crippen LogP contribution in [0.5, 0.6) is 0 Å². The Kier molecular flexibility index (Phi) is 3.69. The maximum Gasteiger partial charge on any atom is 0.240 e. The third-order valence-corrected chi connectivity index (χ3v) is 3.36. The Hall–Kier alpha value is -1.07. The summed E-state index contributed by atoms with van der Waals surface area (Å²) in [5.41, 5.74) is 8.55. The number of rotatable bonds is 1. The highest BCUT2D eigenvalue weighted by Crippen LogP contribution is 2.34. The van der Waals surface area contributed by atoms with Gasteiger partial charge in [0.1, 0.15) is 0 Å². The Bertz CT molecular complexity index is 448. The molecule has 0 saturated carbocycles. The number of amides is 1. The summed E-state index contributed by atoms with van der Waals surface area (Å²) in [6.07, 6.45) is 0.928. The number of nitrogens with two attached hydrogens (primary N) is 1. The number of hydrogen-bond acceptors (Lipinski definition) is 3. The minimum absolute atomic E-state index is 0.0348. The number of nitrogens with one attached hydrogen (secondary N) is 1. The van der Waals surface area contributed by atoms with Crippen molar-refractivity contribution in [3.63, 3.8) is 0 Å². The Morgan fingerprint density at radius 3 is 3.06 bits per heavy atom. The van der Waals surface area contributed by atoms with Crippen molar-refractivity contribution in [3.8, 4) is 0 Å². The summed E-state index contributed by atoms with van der Waals surface area (Å²) in [4.78, 5) is 13.6. The Morgan fingerprint density at radius 2 is 2.35 bits per heavy atom. The number of fused-ring (bicyclic) bond motifs is 1. The van der Waals surface area contributed by atoms with E-state index in [1.807, 2.05) is 19.1 Å². The van der Waals surface area contributed by atoms with Crippen LogP contribution in [0.4, 0.5) is 11.4 Å². The predicted octanol–water partition coefficient (Wildman–Crippen LogP) is 1.86. The summed E-state index contributed by atoms with van der Waals surface area (Å²) >= 11 is 3.47. The smallest absolute Gasteiger partial charge is 0.240 e. The average molecular weight is 298 g/mol. The SMILES string of the molecule is Cc1cc(Br)cc2c1NCCCN2C(=O)CN. The number of halogens is 1. The molecule has 0 aliphatic carbocycles. The van der Waals surface area contributed by atoms with E-state index in [1.165, 1.54) is 0 Å². The van der Waals surface area contributed by atoms with Gasteiger partial charge in [-0.2, -0.15) is 0 Å². The van der Waals surface area contributed by atoms with Crippen LogP contribution in [0.15, 0.2) is 16.6 Å². The Labute approximate surface area is 109 Å². The highest BCUT2D eigenvalue weighted by molar-refractivity contribution is 9.10. The normalized spacial score (nSPS) is 14.9. The van der Waals surface area contributed by atoms with E-state index < -0.39 is 0 Å². The molecular formula is C12H16BrN3O. The fourth-order valence-electron chi connectivity index (χ4n) is 2.11. The van der Waals surface area contributed by atoms with Crippen molar-refractivity contribution in [2.24, 2.45) is 5.73 Å². The number of aryl methyl sites for hydroxylation is 1. The second kappa shape index (κ2) is 5.06. The molecule has 0 bridgehead atoms. The van der Waals surface area contributed by atoms with Crippen LogP contribution >= 0.6 is 15.9 Å². The van der Waals surface area contributed by atoms with E-state index in [9.17, 15) is 4.79 Å². The Balaban J connectivity index is 2.51. The van der Waals surface area contributed by atoms with E-state index in [0.717, 1.165) is 34.4 Å². The predicted molar refractivity (Wildman–Crippen MR) is 73.4 cm³/mol. The fraction of sp³-hybridized carbons (Fsp3) is 0.417.